The number of aliphatic hydroxyl groups excluding tert-OH is 1. The van der Waals surface area contributed by atoms with Gasteiger partial charge in [-0.05, 0) is 19.3 Å². The first-order chi connectivity index (χ1) is 6.81. The molecule has 84 valence electrons. The maximum absolute atomic E-state index is 9.11. The molecule has 0 heterocycles. The van der Waals surface area contributed by atoms with Gasteiger partial charge in [-0.25, -0.2) is 0 Å². The second kappa shape index (κ2) is 6.38. The molecule has 14 heavy (non-hydrogen) atoms. The fraction of sp³-hybridized carbons (Fsp3) is 1.00. The number of aliphatic hydroxyl groups is 1. The maximum Gasteiger partial charge on any atom is 0.0724 e. The second-order valence-electron chi connectivity index (χ2n) is 4.12. The first kappa shape index (κ1) is 12.0. The van der Waals surface area contributed by atoms with Crippen LogP contribution in [0, 0.1) is 0 Å². The van der Waals surface area contributed by atoms with Crippen molar-refractivity contribution >= 4 is 0 Å². The monoisotopic (exact) mass is 201 g/mol. The lowest BCUT2D eigenvalue weighted by molar-refractivity contribution is 0.0341. The number of methoxy groups -OCH3 is 1. The van der Waals surface area contributed by atoms with Gasteiger partial charge in [0.2, 0.25) is 0 Å². The Morgan fingerprint density at radius 1 is 1.43 bits per heavy atom. The van der Waals surface area contributed by atoms with E-state index in [0.717, 1.165) is 12.8 Å². The minimum atomic E-state index is 0.226. The van der Waals surface area contributed by atoms with Crippen LogP contribution in [0.3, 0.4) is 0 Å². The topological polar surface area (TPSA) is 41.5 Å². The minimum Gasteiger partial charge on any atom is -0.395 e. The molecule has 2 N–H and O–H groups in total. The zero-order valence-corrected chi connectivity index (χ0v) is 9.33. The van der Waals surface area contributed by atoms with Gasteiger partial charge in [0.15, 0.2) is 0 Å². The van der Waals surface area contributed by atoms with E-state index in [4.69, 9.17) is 9.84 Å². The summed E-state index contributed by atoms with van der Waals surface area (Å²) in [6, 6.07) is 0.668. The standard InChI is InChI=1S/C11H23NO2/c1-3-9(8-13)12-10-6-4-5-7-11(10)14-2/h9-13H,3-8H2,1-2H3. The van der Waals surface area contributed by atoms with Gasteiger partial charge in [0, 0.05) is 19.2 Å². The Balaban J connectivity index is 2.39. The predicted molar refractivity (Wildman–Crippen MR) is 57.4 cm³/mol. The Morgan fingerprint density at radius 3 is 2.71 bits per heavy atom. The van der Waals surface area contributed by atoms with E-state index in [0.29, 0.717) is 12.1 Å². The average Bonchev–Trinajstić information content (AvgIpc) is 2.26. The highest BCUT2D eigenvalue weighted by Gasteiger charge is 2.26. The van der Waals surface area contributed by atoms with Crippen LogP contribution >= 0.6 is 0 Å². The van der Waals surface area contributed by atoms with Crippen molar-refractivity contribution in [2.24, 2.45) is 0 Å². The summed E-state index contributed by atoms with van der Waals surface area (Å²) in [5.74, 6) is 0. The van der Waals surface area contributed by atoms with Crippen molar-refractivity contribution in [3.05, 3.63) is 0 Å². The van der Waals surface area contributed by atoms with Crippen LogP contribution in [-0.4, -0.2) is 37.0 Å². The second-order valence-corrected chi connectivity index (χ2v) is 4.12. The Morgan fingerprint density at radius 2 is 2.14 bits per heavy atom. The molecule has 0 radical (unpaired) electrons. The Kier molecular flexibility index (Phi) is 5.45. The summed E-state index contributed by atoms with van der Waals surface area (Å²) < 4.78 is 5.45. The molecule has 3 atom stereocenters. The van der Waals surface area contributed by atoms with Crippen molar-refractivity contribution in [1.29, 1.82) is 0 Å². The third-order valence-electron chi connectivity index (χ3n) is 3.17. The number of hydrogen-bond donors (Lipinski definition) is 2. The molecule has 0 saturated heterocycles. The van der Waals surface area contributed by atoms with E-state index in [1.54, 1.807) is 7.11 Å². The van der Waals surface area contributed by atoms with Crippen molar-refractivity contribution in [3.8, 4) is 0 Å². The maximum atomic E-state index is 9.11. The van der Waals surface area contributed by atoms with Crippen molar-refractivity contribution in [1.82, 2.24) is 5.32 Å². The Bertz CT molecular complexity index is 148. The van der Waals surface area contributed by atoms with E-state index in [2.05, 4.69) is 12.2 Å². The molecule has 0 aromatic carbocycles. The summed E-state index contributed by atoms with van der Waals surface area (Å²) in [6.45, 7) is 2.32. The molecule has 1 aliphatic carbocycles. The normalized spacial score (nSPS) is 30.2. The van der Waals surface area contributed by atoms with Gasteiger partial charge in [-0.3, -0.25) is 0 Å². The molecule has 0 aromatic heterocycles. The smallest absolute Gasteiger partial charge is 0.0724 e. The highest BCUT2D eigenvalue weighted by Crippen LogP contribution is 2.21. The molecule has 3 unspecified atom stereocenters. The number of hydrogen-bond acceptors (Lipinski definition) is 3. The van der Waals surface area contributed by atoms with Gasteiger partial charge >= 0.3 is 0 Å². The average molecular weight is 201 g/mol. The molecule has 0 spiro atoms. The van der Waals surface area contributed by atoms with Gasteiger partial charge in [0.05, 0.1) is 12.7 Å². The van der Waals surface area contributed by atoms with E-state index in [1.807, 2.05) is 0 Å². The zero-order chi connectivity index (χ0) is 10.4. The highest BCUT2D eigenvalue weighted by atomic mass is 16.5. The number of rotatable bonds is 5. The van der Waals surface area contributed by atoms with Crippen LogP contribution in [0.25, 0.3) is 0 Å². The molecule has 3 nitrogen and oxygen atoms in total. The lowest BCUT2D eigenvalue weighted by atomic mass is 9.91. The van der Waals surface area contributed by atoms with Crippen LogP contribution in [0.1, 0.15) is 39.0 Å². The molecule has 1 fully saturated rings. The van der Waals surface area contributed by atoms with Crippen LogP contribution in [0.2, 0.25) is 0 Å². The lowest BCUT2D eigenvalue weighted by Crippen LogP contribution is -2.48. The molecule has 0 amide bonds. The molecular weight excluding hydrogens is 178 g/mol. The van der Waals surface area contributed by atoms with Crippen LogP contribution in [0.5, 0.6) is 0 Å². The molecule has 0 aromatic rings. The summed E-state index contributed by atoms with van der Waals surface area (Å²) in [7, 11) is 1.78. The number of nitrogens with one attached hydrogen (secondary N) is 1. The van der Waals surface area contributed by atoms with Crippen LogP contribution in [-0.2, 0) is 4.74 Å². The highest BCUT2D eigenvalue weighted by molar-refractivity contribution is 4.84. The van der Waals surface area contributed by atoms with Crippen LogP contribution < -0.4 is 5.32 Å². The third-order valence-corrected chi connectivity index (χ3v) is 3.17. The SMILES string of the molecule is CCC(CO)NC1CCCCC1OC. The van der Waals surface area contributed by atoms with Crippen molar-refractivity contribution in [3.63, 3.8) is 0 Å². The first-order valence-corrected chi connectivity index (χ1v) is 5.71. The summed E-state index contributed by atoms with van der Waals surface area (Å²) in [4.78, 5) is 0. The number of ether oxygens (including phenoxy) is 1. The molecule has 3 heteroatoms. The molecule has 1 rings (SSSR count). The van der Waals surface area contributed by atoms with E-state index < -0.39 is 0 Å². The van der Waals surface area contributed by atoms with Crippen molar-refractivity contribution in [2.75, 3.05) is 13.7 Å². The fourth-order valence-electron chi connectivity index (χ4n) is 2.17. The van der Waals surface area contributed by atoms with E-state index in [-0.39, 0.29) is 12.6 Å². The quantitative estimate of drug-likeness (QED) is 0.704. The summed E-state index contributed by atoms with van der Waals surface area (Å²) in [5, 5.41) is 12.6. The van der Waals surface area contributed by atoms with Crippen LogP contribution in [0.4, 0.5) is 0 Å². The van der Waals surface area contributed by atoms with Crippen LogP contribution in [0.15, 0.2) is 0 Å². The van der Waals surface area contributed by atoms with Gasteiger partial charge in [-0.1, -0.05) is 19.8 Å². The summed E-state index contributed by atoms with van der Waals surface area (Å²) >= 11 is 0. The van der Waals surface area contributed by atoms with E-state index >= 15 is 0 Å². The molecule has 1 aliphatic rings. The molecular formula is C11H23NO2. The predicted octanol–water partition coefficient (Wildman–Crippen LogP) is 1.30. The van der Waals surface area contributed by atoms with Gasteiger partial charge in [-0.15, -0.1) is 0 Å². The lowest BCUT2D eigenvalue weighted by Gasteiger charge is -2.33. The van der Waals surface area contributed by atoms with Gasteiger partial charge in [0.1, 0.15) is 0 Å². The Labute approximate surface area is 86.8 Å². The summed E-state index contributed by atoms with van der Waals surface area (Å²) in [5.41, 5.74) is 0. The minimum absolute atomic E-state index is 0.226. The van der Waals surface area contributed by atoms with Crippen molar-refractivity contribution < 1.29 is 9.84 Å². The molecule has 0 bridgehead atoms. The van der Waals surface area contributed by atoms with Gasteiger partial charge < -0.3 is 15.2 Å². The Hall–Kier alpha value is -0.120. The summed E-state index contributed by atoms with van der Waals surface area (Å²) in [6.07, 6.45) is 6.19. The van der Waals surface area contributed by atoms with E-state index in [9.17, 15) is 0 Å². The largest absolute Gasteiger partial charge is 0.395 e. The molecule has 0 aliphatic heterocycles. The van der Waals surface area contributed by atoms with Gasteiger partial charge in [0.25, 0.3) is 0 Å². The third kappa shape index (κ3) is 3.23. The van der Waals surface area contributed by atoms with E-state index in [1.165, 1.54) is 19.3 Å². The molecule has 1 saturated carbocycles. The zero-order valence-electron chi connectivity index (χ0n) is 9.33. The fourth-order valence-corrected chi connectivity index (χ4v) is 2.17. The van der Waals surface area contributed by atoms with Crippen molar-refractivity contribution in [2.45, 2.75) is 57.2 Å². The van der Waals surface area contributed by atoms with Gasteiger partial charge in [-0.2, -0.15) is 0 Å². The first-order valence-electron chi connectivity index (χ1n) is 5.71.